The molecule has 2 fully saturated rings. The van der Waals surface area contributed by atoms with Gasteiger partial charge in [0.15, 0.2) is 35.3 Å². The molecule has 706 valence electrons. The zero-order chi connectivity index (χ0) is 99.4. The van der Waals surface area contributed by atoms with Crippen molar-refractivity contribution in [3.8, 4) is 76.4 Å². The number of carbonyl (C=O) groups excluding carboxylic acids is 11. The Balaban J connectivity index is 0.000000276. The number of nitrogens with one attached hydrogen (secondary N) is 5. The van der Waals surface area contributed by atoms with Gasteiger partial charge in [-0.15, -0.1) is 12.8 Å². The number of ether oxygens (including phenoxy) is 8. The number of amides is 8. The number of carbonyl (C=O) groups is 7. The van der Waals surface area contributed by atoms with Gasteiger partial charge in [-0.05, 0) is 275 Å². The quantitative estimate of drug-likeness (QED) is 0.0103. The molecule has 0 saturated carbocycles. The fraction of sp³-hybridized carbons (Fsp3) is 0.272. The van der Waals surface area contributed by atoms with Crippen molar-refractivity contribution in [3.05, 3.63) is 254 Å². The van der Waals surface area contributed by atoms with Gasteiger partial charge in [-0.1, -0.05) is 84.6 Å². The lowest BCUT2D eigenvalue weighted by atomic mass is 9.97. The third-order valence-corrected chi connectivity index (χ3v) is 23.3. The molecule has 4 aliphatic heterocycles. The maximum atomic E-state index is 12.9. The van der Waals surface area contributed by atoms with Crippen LogP contribution in [0.15, 0.2) is 171 Å². The van der Waals surface area contributed by atoms with Crippen molar-refractivity contribution in [1.82, 2.24) is 71.2 Å². The van der Waals surface area contributed by atoms with Crippen molar-refractivity contribution in [2.24, 2.45) is 5.41 Å². The summed E-state index contributed by atoms with van der Waals surface area (Å²) >= 11 is 12.5. The lowest BCUT2D eigenvalue weighted by Crippen LogP contribution is -2.54. The number of rotatable bonds is 22. The molecule has 10 heterocycles. The Morgan fingerprint density at radius 2 is 0.851 bits per heavy atom. The van der Waals surface area contributed by atoms with Gasteiger partial charge in [-0.2, -0.15) is 19.2 Å². The van der Waals surface area contributed by atoms with Gasteiger partial charge in [0.2, 0.25) is 5.54 Å². The minimum Gasteiger partial charge on any atom is -0.505 e. The topological polar surface area (TPSA) is 470 Å². The molecule has 36 nitrogen and oxygen atoms in total. The second-order valence-electron chi connectivity index (χ2n) is 28.9. The number of halogens is 6. The van der Waals surface area contributed by atoms with E-state index in [9.17, 15) is 38.7 Å². The van der Waals surface area contributed by atoms with E-state index in [1.165, 1.54) is 35.1 Å². The summed E-state index contributed by atoms with van der Waals surface area (Å²) in [6, 6.07) is 40.4. The number of nitrogens with zero attached hydrogens (tertiary/aromatic N) is 9. The SMILES string of the molecule is C#C[C@]1(CN2Cc3ccc(OC)cc3C2=O)NC(=O)N(COC(=O)C(C)(C)C)C1=O.C#C[C@]1(CN2Cc3ccc(OC)cc3C2=O)NC(=O)NC1=O.COc1cc(C)cnc1I.COc1cc(CNCc2ccccc2)cnc1I.COc1cc(CO)cnc1I.COc1cnc(I)c(OC)c1.Cc1cnc(I)c(O)c1.O=C=O.O=C=O.Oc1cc(CNCc2ccccc2)cnc1I. The van der Waals surface area contributed by atoms with Crippen LogP contribution in [0, 0.1) is 66.2 Å². The number of methoxy groups -OCH3 is 7. The molecule has 0 bridgehead atoms. The molecule has 8 N–H and O–H groups in total. The van der Waals surface area contributed by atoms with E-state index in [0.29, 0.717) is 54.6 Å². The van der Waals surface area contributed by atoms with Crippen LogP contribution in [-0.4, -0.2) is 195 Å². The van der Waals surface area contributed by atoms with Gasteiger partial charge in [-0.25, -0.2) is 44.4 Å². The van der Waals surface area contributed by atoms with Crippen molar-refractivity contribution < 1.29 is 106 Å². The molecule has 0 spiro atoms. The first-order valence-electron chi connectivity index (χ1n) is 39.2. The van der Waals surface area contributed by atoms with Crippen LogP contribution in [0.4, 0.5) is 9.59 Å². The smallest absolute Gasteiger partial charge is 0.373 e. The Morgan fingerprint density at radius 1 is 0.470 bits per heavy atom. The molecule has 4 aromatic carbocycles. The first-order chi connectivity index (χ1) is 63.9. The van der Waals surface area contributed by atoms with Gasteiger partial charge in [0.25, 0.3) is 23.6 Å². The molecule has 2 saturated heterocycles. The molecule has 0 unspecified atom stereocenters. The van der Waals surface area contributed by atoms with Crippen molar-refractivity contribution in [2.45, 2.75) is 91.6 Å². The third-order valence-electron chi connectivity index (χ3n) is 18.4. The van der Waals surface area contributed by atoms with Crippen LogP contribution < -0.4 is 59.7 Å². The fourth-order valence-electron chi connectivity index (χ4n) is 11.6. The number of urea groups is 2. The first kappa shape index (κ1) is 113. The maximum Gasteiger partial charge on any atom is 0.373 e. The highest BCUT2D eigenvalue weighted by molar-refractivity contribution is 14.1. The van der Waals surface area contributed by atoms with Crippen LogP contribution in [0.1, 0.15) is 91.6 Å². The number of aromatic hydroxyl groups is 2. The number of hydrogen-bond donors (Lipinski definition) is 8. The third kappa shape index (κ3) is 35.0. The molecule has 4 aliphatic rings. The number of aromatic nitrogens is 6. The number of aryl methyl sites for hydroxylation is 2. The van der Waals surface area contributed by atoms with E-state index in [0.717, 1.165) is 95.5 Å². The zero-order valence-electron chi connectivity index (χ0n) is 74.3. The van der Waals surface area contributed by atoms with Crippen LogP contribution in [0.5, 0.6) is 51.7 Å². The number of esters is 1. The van der Waals surface area contributed by atoms with E-state index in [1.54, 1.807) is 142 Å². The van der Waals surface area contributed by atoms with Crippen molar-refractivity contribution in [1.29, 1.82) is 0 Å². The van der Waals surface area contributed by atoms with E-state index < -0.39 is 53.1 Å². The Labute approximate surface area is 855 Å². The van der Waals surface area contributed by atoms with Gasteiger partial charge in [-0.3, -0.25) is 29.3 Å². The molecule has 42 heteroatoms. The molecule has 6 aromatic heterocycles. The second kappa shape index (κ2) is 57.2. The van der Waals surface area contributed by atoms with Gasteiger partial charge in [0, 0.05) is 87.4 Å². The predicted molar refractivity (Wildman–Crippen MR) is 538 cm³/mol. The number of benzene rings is 4. The van der Waals surface area contributed by atoms with Crippen LogP contribution in [-0.2, 0) is 84.2 Å². The fourth-order valence-corrected chi connectivity index (χ4v) is 14.2. The Kier molecular flexibility index (Phi) is 48.2. The van der Waals surface area contributed by atoms with Crippen LogP contribution >= 0.6 is 136 Å². The largest absolute Gasteiger partial charge is 0.505 e. The zero-order valence-corrected chi connectivity index (χ0v) is 87.2. The standard InChI is InChI=1S/C21H23N3O6.C15H13N3O4.C14H15IN2O.C13H13IN2O.2C7H8INO2.C7H8INO.C6H6INO.2CO2/c1-6-21(11-23-10-13-7-8-14(29-5)9-15(13)16(23)25)17(26)24(19(28)22-21)12-30-18(27)20(2,3)4;1-3-15(13(20)16-14(21)17-15)8-18-7-9-4-5-10(22-2)6-11(9)12(18)19;1-18-13-7-12(10-17-14(13)15)9-16-8-11-5-3-2-4-6-11;14-13-12(17)6-11(9-16-13)8-15-7-10-4-2-1-3-5-10;1-10-5-3-6(11-2)7(8)9-4-5;1-11-6-2-5(4-10)3-9-7(6)8;1-5-3-6(10-2)7(8)9-4-5;1-4-2-5(9)6(7)8-3-4;2*2-1-3/h1,7-9H,10-12H2,2-5H3,(H,22,28);1,4-6H,7-8H2,2H3,(H2,16,17,20,21);2-7,10,16H,8-9H2,1H3;1-6,9,15,17H,7-8H2;3-4H,1-2H3;2-3,10H,4H2,1H3;3-4H,1-2H3;2-3,9H,1H3;;/t21-;15-;;;;;;;;/m11......../s1. The van der Waals surface area contributed by atoms with Crippen molar-refractivity contribution >= 4 is 190 Å². The van der Waals surface area contributed by atoms with E-state index in [1.807, 2.05) is 120 Å². The Bertz CT molecular complexity index is 5780. The van der Waals surface area contributed by atoms with Gasteiger partial charge >= 0.3 is 30.3 Å². The number of hydrogen-bond acceptors (Lipinski definition) is 30. The van der Waals surface area contributed by atoms with E-state index in [2.05, 4.69) is 183 Å². The van der Waals surface area contributed by atoms with Gasteiger partial charge in [0.1, 0.15) is 51.0 Å². The van der Waals surface area contributed by atoms with Crippen LogP contribution in [0.3, 0.4) is 0 Å². The summed E-state index contributed by atoms with van der Waals surface area (Å²) in [4.78, 5) is 146. The summed E-state index contributed by atoms with van der Waals surface area (Å²) in [6.07, 6.45) is 22.0. The minimum atomic E-state index is -1.74. The molecule has 0 radical (unpaired) electrons. The molecule has 134 heavy (non-hydrogen) atoms. The highest BCUT2D eigenvalue weighted by atomic mass is 127. The normalized spacial score (nSPS) is 14.1. The monoisotopic (exact) mass is 2510 g/mol. The molecule has 8 amide bonds. The number of fused-ring (bicyclic) bond motifs is 2. The summed E-state index contributed by atoms with van der Waals surface area (Å²) < 4.78 is 45.4. The maximum absolute atomic E-state index is 12.9. The van der Waals surface area contributed by atoms with E-state index in [4.69, 9.17) is 80.1 Å². The number of pyridine rings is 6. The minimum absolute atomic E-state index is 0.000278. The number of terminal acetylenes is 2. The van der Waals surface area contributed by atoms with E-state index in [-0.39, 0.29) is 61.9 Å². The molecule has 2 atom stereocenters. The predicted octanol–water partition coefficient (Wildman–Crippen LogP) is 12.1. The Hall–Kier alpha value is -11.6. The summed E-state index contributed by atoms with van der Waals surface area (Å²) in [5.74, 6) is 7.54. The lowest BCUT2D eigenvalue weighted by Gasteiger charge is -2.26. The highest BCUT2D eigenvalue weighted by Gasteiger charge is 2.53. The summed E-state index contributed by atoms with van der Waals surface area (Å²) in [7, 11) is 11.1. The first-order valence-corrected chi connectivity index (χ1v) is 45.7. The average molecular weight is 2510 g/mol. The molecular formula is C92H94I6N14O22. The van der Waals surface area contributed by atoms with Crippen LogP contribution in [0.2, 0.25) is 0 Å². The molecule has 10 aromatic rings. The van der Waals surface area contributed by atoms with E-state index >= 15 is 0 Å². The highest BCUT2D eigenvalue weighted by Crippen LogP contribution is 2.33. The lowest BCUT2D eigenvalue weighted by molar-refractivity contribution is -0.193. The molecular weight excluding hydrogens is 2410 g/mol. The molecule has 14 rings (SSSR count). The number of aliphatic hydroxyl groups is 1. The number of aliphatic hydroxyl groups excluding tert-OH is 1. The van der Waals surface area contributed by atoms with Gasteiger partial charge < -0.3 is 84.3 Å². The summed E-state index contributed by atoms with van der Waals surface area (Å²) in [6.45, 7) is 11.7. The average Bonchev–Trinajstić information content (AvgIpc) is 1.61. The van der Waals surface area contributed by atoms with Crippen LogP contribution in [0.25, 0.3) is 0 Å². The second-order valence-corrected chi connectivity index (χ2v) is 35.0. The Morgan fingerprint density at radius 3 is 1.25 bits per heavy atom. The molecule has 0 aliphatic carbocycles. The summed E-state index contributed by atoms with van der Waals surface area (Å²) in [5.41, 5.74) is 5.99. The summed E-state index contributed by atoms with van der Waals surface area (Å²) in [5, 5.41) is 41.0. The van der Waals surface area contributed by atoms with Crippen molar-refractivity contribution in [3.63, 3.8) is 0 Å². The van der Waals surface area contributed by atoms with Crippen molar-refractivity contribution in [2.75, 3.05) is 69.6 Å². The van der Waals surface area contributed by atoms with Gasteiger partial charge in [0.05, 0.1) is 81.1 Å². The number of imide groups is 2.